The van der Waals surface area contributed by atoms with E-state index in [9.17, 15) is 4.39 Å². The fourth-order valence-electron chi connectivity index (χ4n) is 3.37. The maximum atomic E-state index is 14.8. The normalized spacial score (nSPS) is 12.3. The first kappa shape index (κ1) is 17.7. The number of benzene rings is 3. The Labute approximate surface area is 171 Å². The molecule has 29 heavy (non-hydrogen) atoms. The van der Waals surface area contributed by atoms with Gasteiger partial charge >= 0.3 is 0 Å². The largest absolute Gasteiger partial charge is 0.234 e. The van der Waals surface area contributed by atoms with Gasteiger partial charge in [-0.05, 0) is 17.2 Å². The number of hydrogen-bond acceptors (Lipinski definition) is 4. The molecule has 0 N–H and O–H groups in total. The van der Waals surface area contributed by atoms with Crippen LogP contribution in [-0.2, 0) is 0 Å². The summed E-state index contributed by atoms with van der Waals surface area (Å²) in [6.45, 7) is 2.03. The van der Waals surface area contributed by atoms with Gasteiger partial charge in [0.15, 0.2) is 5.82 Å². The molecule has 1 atom stereocenters. The van der Waals surface area contributed by atoms with E-state index in [0.29, 0.717) is 11.4 Å². The van der Waals surface area contributed by atoms with Gasteiger partial charge in [0.25, 0.3) is 0 Å². The Morgan fingerprint density at radius 3 is 2.24 bits per heavy atom. The fourth-order valence-corrected chi connectivity index (χ4v) is 4.29. The summed E-state index contributed by atoms with van der Waals surface area (Å²) in [5.74, 6) is 0.430. The summed E-state index contributed by atoms with van der Waals surface area (Å²) in [4.78, 5) is 0.729. The third-order valence-corrected chi connectivity index (χ3v) is 6.07. The van der Waals surface area contributed by atoms with Gasteiger partial charge < -0.3 is 0 Å². The molecule has 5 rings (SSSR count). The van der Waals surface area contributed by atoms with Crippen LogP contribution in [0.5, 0.6) is 0 Å². The van der Waals surface area contributed by atoms with E-state index in [-0.39, 0.29) is 11.7 Å². The predicted octanol–water partition coefficient (Wildman–Crippen LogP) is 5.81. The molecule has 0 saturated carbocycles. The lowest BCUT2D eigenvalue weighted by atomic mass is 9.97. The van der Waals surface area contributed by atoms with E-state index in [1.807, 2.05) is 79.7 Å². The molecule has 0 bridgehead atoms. The predicted molar refractivity (Wildman–Crippen MR) is 113 cm³/mol. The molecule has 0 aliphatic carbocycles. The van der Waals surface area contributed by atoms with Gasteiger partial charge in [0.05, 0.1) is 0 Å². The van der Waals surface area contributed by atoms with Crippen LogP contribution in [0.4, 0.5) is 4.39 Å². The molecular formula is C23H17FN4S. The molecule has 0 fully saturated rings. The average molecular weight is 400 g/mol. The molecule has 4 nitrogen and oxygen atoms in total. The maximum Gasteiger partial charge on any atom is 0.234 e. The van der Waals surface area contributed by atoms with Crippen LogP contribution in [0.3, 0.4) is 0 Å². The van der Waals surface area contributed by atoms with Gasteiger partial charge in [-0.1, -0.05) is 91.1 Å². The summed E-state index contributed by atoms with van der Waals surface area (Å²) >= 11 is 1.48. The molecule has 6 heteroatoms. The second kappa shape index (κ2) is 7.22. The molecule has 142 valence electrons. The van der Waals surface area contributed by atoms with Crippen LogP contribution in [0.1, 0.15) is 23.4 Å². The molecular weight excluding hydrogens is 383 g/mol. The van der Waals surface area contributed by atoms with E-state index < -0.39 is 0 Å². The lowest BCUT2D eigenvalue weighted by molar-refractivity contribution is 0.627. The highest BCUT2D eigenvalue weighted by Crippen LogP contribution is 2.32. The molecule has 5 aromatic rings. The third-order valence-electron chi connectivity index (χ3n) is 4.99. The van der Waals surface area contributed by atoms with Crippen LogP contribution < -0.4 is 0 Å². The number of halogens is 1. The summed E-state index contributed by atoms with van der Waals surface area (Å²) in [7, 11) is 0. The van der Waals surface area contributed by atoms with E-state index in [4.69, 9.17) is 5.10 Å². The van der Waals surface area contributed by atoms with Gasteiger partial charge in [-0.15, -0.1) is 10.2 Å². The van der Waals surface area contributed by atoms with Crippen molar-refractivity contribution in [3.8, 4) is 22.5 Å². The Hall–Kier alpha value is -3.38. The highest BCUT2D eigenvalue weighted by atomic mass is 32.1. The summed E-state index contributed by atoms with van der Waals surface area (Å²) in [6.07, 6.45) is 0. The van der Waals surface area contributed by atoms with Crippen LogP contribution in [0.15, 0.2) is 78.9 Å². The number of rotatable bonds is 4. The topological polar surface area (TPSA) is 43.1 Å². The van der Waals surface area contributed by atoms with Crippen molar-refractivity contribution in [1.82, 2.24) is 19.8 Å². The van der Waals surface area contributed by atoms with Crippen molar-refractivity contribution in [2.24, 2.45) is 0 Å². The lowest BCUT2D eigenvalue weighted by Crippen LogP contribution is -1.99. The monoisotopic (exact) mass is 400 g/mol. The number of nitrogens with zero attached hydrogens (tertiary/aromatic N) is 4. The zero-order valence-electron chi connectivity index (χ0n) is 15.7. The van der Waals surface area contributed by atoms with Crippen molar-refractivity contribution < 1.29 is 4.39 Å². The molecule has 0 saturated heterocycles. The smallest absolute Gasteiger partial charge is 0.206 e. The van der Waals surface area contributed by atoms with Crippen LogP contribution in [0.2, 0.25) is 0 Å². The van der Waals surface area contributed by atoms with Crippen molar-refractivity contribution in [3.05, 3.63) is 95.3 Å². The fraction of sp³-hybridized carbons (Fsp3) is 0.0870. The van der Waals surface area contributed by atoms with Gasteiger partial charge in [0, 0.05) is 17.0 Å². The molecule has 0 amide bonds. The van der Waals surface area contributed by atoms with E-state index in [0.717, 1.165) is 26.7 Å². The zero-order valence-corrected chi connectivity index (χ0v) is 16.5. The summed E-state index contributed by atoms with van der Waals surface area (Å²) in [6, 6.07) is 24.8. The molecule has 3 aromatic carbocycles. The van der Waals surface area contributed by atoms with Gasteiger partial charge in [0.2, 0.25) is 4.96 Å². The Morgan fingerprint density at radius 1 is 0.862 bits per heavy atom. The van der Waals surface area contributed by atoms with Gasteiger partial charge in [0.1, 0.15) is 10.8 Å². The Balaban J connectivity index is 1.49. The molecule has 0 spiro atoms. The molecule has 0 aliphatic rings. The van der Waals surface area contributed by atoms with E-state index in [1.54, 1.807) is 10.6 Å². The van der Waals surface area contributed by atoms with Gasteiger partial charge in [-0.3, -0.25) is 0 Å². The van der Waals surface area contributed by atoms with Gasteiger partial charge in [-0.25, -0.2) is 4.39 Å². The summed E-state index contributed by atoms with van der Waals surface area (Å²) < 4.78 is 16.6. The van der Waals surface area contributed by atoms with Crippen LogP contribution in [-0.4, -0.2) is 19.8 Å². The third kappa shape index (κ3) is 3.21. The lowest BCUT2D eigenvalue weighted by Gasteiger charge is -2.11. The standard InChI is InChI=1S/C23H17FN4S/c1-15(18-12-13-19(20(24)14-18)16-8-4-2-5-9-16)22-27-28-21(25-26-23(28)29-22)17-10-6-3-7-11-17/h2-15H,1H3/t15-/m1/s1. The minimum atomic E-state index is -0.228. The number of fused-ring (bicyclic) bond motifs is 1. The van der Waals surface area contributed by atoms with Crippen molar-refractivity contribution in [3.63, 3.8) is 0 Å². The second-order valence-electron chi connectivity index (χ2n) is 6.85. The Morgan fingerprint density at radius 2 is 1.55 bits per heavy atom. The molecule has 0 unspecified atom stereocenters. The summed E-state index contributed by atoms with van der Waals surface area (Å²) in [5, 5.41) is 14.1. The average Bonchev–Trinajstić information content (AvgIpc) is 3.35. The number of aromatic nitrogens is 4. The molecule has 0 radical (unpaired) electrons. The first-order valence-corrected chi connectivity index (χ1v) is 10.1. The quantitative estimate of drug-likeness (QED) is 0.382. The van der Waals surface area contributed by atoms with Crippen LogP contribution >= 0.6 is 11.3 Å². The number of hydrogen-bond donors (Lipinski definition) is 0. The van der Waals surface area contributed by atoms with Crippen molar-refractivity contribution in [1.29, 1.82) is 0 Å². The highest BCUT2D eigenvalue weighted by molar-refractivity contribution is 7.16. The van der Waals surface area contributed by atoms with Gasteiger partial charge in [-0.2, -0.15) is 9.61 Å². The van der Waals surface area contributed by atoms with E-state index in [2.05, 4.69) is 10.2 Å². The first-order valence-electron chi connectivity index (χ1n) is 9.33. The minimum absolute atomic E-state index is 0.0513. The van der Waals surface area contributed by atoms with Crippen LogP contribution in [0, 0.1) is 5.82 Å². The molecule has 2 heterocycles. The Bertz CT molecular complexity index is 1280. The molecule has 2 aromatic heterocycles. The second-order valence-corrected chi connectivity index (χ2v) is 7.84. The van der Waals surface area contributed by atoms with Crippen molar-refractivity contribution in [2.75, 3.05) is 0 Å². The molecule has 0 aliphatic heterocycles. The van der Waals surface area contributed by atoms with Crippen molar-refractivity contribution in [2.45, 2.75) is 12.8 Å². The SMILES string of the molecule is C[C@H](c1ccc(-c2ccccc2)c(F)c1)c1nn2c(-c3ccccc3)nnc2s1. The highest BCUT2D eigenvalue weighted by Gasteiger charge is 2.19. The minimum Gasteiger partial charge on any atom is -0.206 e. The Kier molecular flexibility index (Phi) is 4.41. The van der Waals surface area contributed by atoms with E-state index >= 15 is 0 Å². The van der Waals surface area contributed by atoms with Crippen molar-refractivity contribution >= 4 is 16.3 Å². The zero-order chi connectivity index (χ0) is 19.8. The maximum absolute atomic E-state index is 14.8. The summed E-state index contributed by atoms with van der Waals surface area (Å²) in [5.41, 5.74) is 3.32. The van der Waals surface area contributed by atoms with Crippen LogP contribution in [0.25, 0.3) is 27.5 Å². The first-order chi connectivity index (χ1) is 14.2. The van der Waals surface area contributed by atoms with E-state index in [1.165, 1.54) is 11.3 Å².